The topological polar surface area (TPSA) is 235 Å². The fourth-order valence-electron chi connectivity index (χ4n) is 8.26. The molecule has 8 N–H and O–H groups in total. The molecule has 2 unspecified atom stereocenters. The monoisotopic (exact) mass is 919 g/mol. The summed E-state index contributed by atoms with van der Waals surface area (Å²) in [4.78, 5) is 21.2. The van der Waals surface area contributed by atoms with E-state index in [1.807, 2.05) is 47.5 Å². The van der Waals surface area contributed by atoms with Crippen LogP contribution in [0.25, 0.3) is 11.1 Å². The van der Waals surface area contributed by atoms with E-state index in [2.05, 4.69) is 11.1 Å². The molecule has 4 fully saturated rings. The lowest BCUT2D eigenvalue weighted by atomic mass is 9.96. The number of aryl methyl sites for hydroxylation is 1. The number of aromatic nitrogens is 1. The summed E-state index contributed by atoms with van der Waals surface area (Å²) in [6.45, 7) is 0.188. The van der Waals surface area contributed by atoms with E-state index in [4.69, 9.17) is 42.1 Å². The highest BCUT2D eigenvalue weighted by Crippen LogP contribution is 2.53. The van der Waals surface area contributed by atoms with Crippen molar-refractivity contribution < 1.29 is 64.6 Å². The number of rotatable bonds is 21. The van der Waals surface area contributed by atoms with E-state index in [0.29, 0.717) is 61.9 Å². The smallest absolute Gasteiger partial charge is 0.222 e. The summed E-state index contributed by atoms with van der Waals surface area (Å²) in [5.41, 5.74) is 4.29. The SMILES string of the molecule is O=C(CCCCc1cc(Cl)c(COC2(c3cnccc3-c3ccccc3OC3CC3)CC2)cc1Cl)N1CCN(C[C@H](O)[C@@H](O)[C@H](O[C@@H]2O[C@H](CO)C(O)[C@H](O)[C@H]2O)C(O)CO)CC1. The normalized spacial score (nSPS) is 25.6. The van der Waals surface area contributed by atoms with Gasteiger partial charge in [-0.05, 0) is 85.9 Å². The molecule has 2 saturated heterocycles. The Balaban J connectivity index is 0.844. The van der Waals surface area contributed by atoms with E-state index in [1.54, 1.807) is 11.1 Å². The third-order valence-electron chi connectivity index (χ3n) is 12.4. The molecule has 346 valence electrons. The number of unbranched alkanes of at least 4 members (excludes halogenated alkanes) is 1. The molecule has 3 heterocycles. The number of hydrogen-bond donors (Lipinski definition) is 8. The Kier molecular flexibility index (Phi) is 16.4. The molecule has 0 bridgehead atoms. The van der Waals surface area contributed by atoms with Crippen LogP contribution in [0.3, 0.4) is 0 Å². The lowest BCUT2D eigenvalue weighted by Crippen LogP contribution is -2.62. The van der Waals surface area contributed by atoms with Gasteiger partial charge < -0.3 is 64.7 Å². The Bertz CT molecular complexity index is 1980. The van der Waals surface area contributed by atoms with Crippen LogP contribution in [0.1, 0.15) is 61.6 Å². The number of β-amino-alcohol motifs (C(OH)–C–C–N with tert-alkyl or cyclic N) is 1. The van der Waals surface area contributed by atoms with Crippen LogP contribution in [0.5, 0.6) is 5.75 Å². The Morgan fingerprint density at radius 1 is 0.889 bits per heavy atom. The van der Waals surface area contributed by atoms with Crippen molar-refractivity contribution >= 4 is 29.1 Å². The van der Waals surface area contributed by atoms with Crippen molar-refractivity contribution in [2.75, 3.05) is 45.9 Å². The molecule has 4 aliphatic rings. The maximum Gasteiger partial charge on any atom is 0.222 e. The summed E-state index contributed by atoms with van der Waals surface area (Å²) in [6.07, 6.45) is -4.81. The molecular formula is C45H59Cl2N3O13. The summed E-state index contributed by atoms with van der Waals surface area (Å²) in [7, 11) is 0. The number of piperazine rings is 1. The van der Waals surface area contributed by atoms with Gasteiger partial charge in [-0.25, -0.2) is 0 Å². The van der Waals surface area contributed by atoms with Crippen LogP contribution < -0.4 is 4.74 Å². The van der Waals surface area contributed by atoms with E-state index in [-0.39, 0.29) is 25.2 Å². The van der Waals surface area contributed by atoms with Crippen LogP contribution in [-0.2, 0) is 37.6 Å². The number of hydrogen-bond acceptors (Lipinski definition) is 15. The van der Waals surface area contributed by atoms with Crippen LogP contribution >= 0.6 is 23.2 Å². The van der Waals surface area contributed by atoms with E-state index in [9.17, 15) is 45.6 Å². The molecule has 7 rings (SSSR count). The Morgan fingerprint density at radius 2 is 1.60 bits per heavy atom. The average Bonchev–Trinajstić information content (AvgIpc) is 4.25. The van der Waals surface area contributed by atoms with Crippen molar-refractivity contribution in [1.82, 2.24) is 14.8 Å². The third kappa shape index (κ3) is 11.7. The fraction of sp³-hybridized carbons (Fsp3) is 0.600. The first kappa shape index (κ1) is 47.9. The van der Waals surface area contributed by atoms with Crippen LogP contribution in [0.15, 0.2) is 54.9 Å². The standard InChI is InChI=1S/C45H59Cl2N3O13/c46-32-20-27(25-60-45(12-13-45)31-21-48-14-11-29(31)30-6-2-3-7-36(30)61-28-9-10-28)33(47)19-26(32)5-1-4-8-38(55)50-17-15-49(16-18-50)22-34(53)39(56)43(35(54)23-51)63-44-42(59)41(58)40(57)37(24-52)62-44/h2-3,6-7,11,14,19-21,28,34-35,37,39-44,51-54,56-59H,1,4-5,8-10,12-13,15-18,22-25H2/t34-,35?,37+,39+,40?,41-,42+,43+,44-/m0/s1. The molecular weight excluding hydrogens is 861 g/mol. The summed E-state index contributed by atoms with van der Waals surface area (Å²) in [6, 6.07) is 13.9. The second-order valence-corrected chi connectivity index (χ2v) is 17.9. The number of amides is 1. The molecule has 18 heteroatoms. The van der Waals surface area contributed by atoms with E-state index in [0.717, 1.165) is 59.3 Å². The quantitative estimate of drug-likeness (QED) is 0.0714. The molecule has 0 spiro atoms. The number of benzene rings is 2. The van der Waals surface area contributed by atoms with Crippen molar-refractivity contribution in [3.05, 3.63) is 81.6 Å². The average molecular weight is 921 g/mol. The second kappa shape index (κ2) is 21.5. The molecule has 0 radical (unpaired) electrons. The fourth-order valence-corrected chi connectivity index (χ4v) is 8.78. The number of aliphatic hydroxyl groups is 8. The number of para-hydroxylation sites is 1. The molecule has 1 aromatic heterocycles. The zero-order chi connectivity index (χ0) is 44.8. The molecule has 63 heavy (non-hydrogen) atoms. The van der Waals surface area contributed by atoms with Crippen molar-refractivity contribution in [2.45, 2.75) is 125 Å². The summed E-state index contributed by atoms with van der Waals surface area (Å²) in [5.74, 6) is 0.863. The third-order valence-corrected chi connectivity index (χ3v) is 13.1. The van der Waals surface area contributed by atoms with Gasteiger partial charge in [0.05, 0.1) is 37.6 Å². The molecule has 16 nitrogen and oxygen atoms in total. The predicted molar refractivity (Wildman–Crippen MR) is 230 cm³/mol. The molecule has 2 aliphatic heterocycles. The highest BCUT2D eigenvalue weighted by molar-refractivity contribution is 6.34. The van der Waals surface area contributed by atoms with Gasteiger partial charge in [0.15, 0.2) is 6.29 Å². The van der Waals surface area contributed by atoms with E-state index >= 15 is 0 Å². The van der Waals surface area contributed by atoms with Crippen LogP contribution in [-0.4, -0.2) is 169 Å². The van der Waals surface area contributed by atoms with Crippen molar-refractivity contribution in [2.24, 2.45) is 0 Å². The summed E-state index contributed by atoms with van der Waals surface area (Å²) in [5, 5.41) is 83.0. The minimum Gasteiger partial charge on any atom is -0.490 e. The minimum atomic E-state index is -1.82. The van der Waals surface area contributed by atoms with E-state index in [1.165, 1.54) is 0 Å². The van der Waals surface area contributed by atoms with Crippen molar-refractivity contribution in [3.8, 4) is 16.9 Å². The maximum absolute atomic E-state index is 13.1. The van der Waals surface area contributed by atoms with Crippen LogP contribution in [0.2, 0.25) is 10.0 Å². The first-order valence-electron chi connectivity index (χ1n) is 21.7. The first-order chi connectivity index (χ1) is 30.3. The van der Waals surface area contributed by atoms with Crippen molar-refractivity contribution in [3.63, 3.8) is 0 Å². The van der Waals surface area contributed by atoms with Crippen molar-refractivity contribution in [1.29, 1.82) is 0 Å². The molecule has 2 aromatic carbocycles. The summed E-state index contributed by atoms with van der Waals surface area (Å²) < 4.78 is 23.7. The van der Waals surface area contributed by atoms with Gasteiger partial charge in [0.1, 0.15) is 48.5 Å². The number of nitrogens with zero attached hydrogens (tertiary/aromatic N) is 3. The zero-order valence-electron chi connectivity index (χ0n) is 35.0. The Hall–Kier alpha value is -3.04. The van der Waals surface area contributed by atoms with Gasteiger partial charge in [-0.3, -0.25) is 14.7 Å². The van der Waals surface area contributed by atoms with Gasteiger partial charge >= 0.3 is 0 Å². The molecule has 2 aliphatic carbocycles. The largest absolute Gasteiger partial charge is 0.490 e. The number of ether oxygens (including phenoxy) is 4. The number of halogens is 2. The highest BCUT2D eigenvalue weighted by Gasteiger charge is 2.49. The summed E-state index contributed by atoms with van der Waals surface area (Å²) >= 11 is 13.6. The van der Waals surface area contributed by atoms with Gasteiger partial charge in [0.2, 0.25) is 5.91 Å². The molecule has 2 saturated carbocycles. The van der Waals surface area contributed by atoms with Crippen LogP contribution in [0, 0.1) is 0 Å². The highest BCUT2D eigenvalue weighted by atomic mass is 35.5. The molecule has 1 amide bonds. The van der Waals surface area contributed by atoms with Gasteiger partial charge in [-0.2, -0.15) is 0 Å². The lowest BCUT2D eigenvalue weighted by Gasteiger charge is -2.42. The zero-order valence-corrected chi connectivity index (χ0v) is 36.5. The lowest BCUT2D eigenvalue weighted by molar-refractivity contribution is -0.327. The number of aliphatic hydroxyl groups excluding tert-OH is 8. The predicted octanol–water partition coefficient (Wildman–Crippen LogP) is 1.92. The molecule has 9 atom stereocenters. The number of carbonyl (C=O) groups excluding carboxylic acids is 1. The van der Waals surface area contributed by atoms with Gasteiger partial charge in [-0.15, -0.1) is 0 Å². The second-order valence-electron chi connectivity index (χ2n) is 17.0. The van der Waals surface area contributed by atoms with Gasteiger partial charge in [-0.1, -0.05) is 41.4 Å². The number of carbonyl (C=O) groups is 1. The number of pyridine rings is 1. The van der Waals surface area contributed by atoms with Crippen LogP contribution in [0.4, 0.5) is 0 Å². The van der Waals surface area contributed by atoms with Gasteiger partial charge in [0.25, 0.3) is 0 Å². The van der Waals surface area contributed by atoms with Gasteiger partial charge in [0, 0.05) is 72.7 Å². The maximum atomic E-state index is 13.1. The minimum absolute atomic E-state index is 0.00405. The molecule has 3 aromatic rings. The Labute approximate surface area is 376 Å². The van der Waals surface area contributed by atoms with E-state index < -0.39 is 73.9 Å². The Morgan fingerprint density at radius 3 is 2.30 bits per heavy atom. The first-order valence-corrected chi connectivity index (χ1v) is 22.5.